The molecule has 0 fully saturated rings. The molecule has 0 spiro atoms. The van der Waals surface area contributed by atoms with Crippen LogP contribution in [0.2, 0.25) is 0 Å². The highest BCUT2D eigenvalue weighted by molar-refractivity contribution is 5.80. The third kappa shape index (κ3) is 3.35. The Morgan fingerprint density at radius 2 is 2.24 bits per heavy atom. The molecule has 3 N–H and O–H groups in total. The molecule has 0 radical (unpaired) electrons. The molecular weight excluding hydrogens is 220 g/mol. The monoisotopic (exact) mass is 238 g/mol. The van der Waals surface area contributed by atoms with Gasteiger partial charge >= 0.3 is 0 Å². The summed E-state index contributed by atoms with van der Waals surface area (Å²) in [5, 5.41) is 2.53. The largest absolute Gasteiger partial charge is 0.497 e. The van der Waals surface area contributed by atoms with E-state index in [1.807, 2.05) is 0 Å². The number of amides is 1. The van der Waals surface area contributed by atoms with Crippen LogP contribution in [0.25, 0.3) is 0 Å². The van der Waals surface area contributed by atoms with Crippen molar-refractivity contribution in [3.05, 3.63) is 23.8 Å². The number of carbonyl (C=O) groups is 1. The summed E-state index contributed by atoms with van der Waals surface area (Å²) in [5.41, 5.74) is 6.43. The Labute approximate surface area is 101 Å². The van der Waals surface area contributed by atoms with E-state index in [1.165, 1.54) is 0 Å². The molecule has 0 aliphatic rings. The van der Waals surface area contributed by atoms with Crippen LogP contribution in [0, 0.1) is 0 Å². The minimum absolute atomic E-state index is 0.177. The second kappa shape index (κ2) is 6.10. The molecule has 5 nitrogen and oxygen atoms in total. The molecule has 1 atom stereocenters. The number of rotatable bonds is 5. The summed E-state index contributed by atoms with van der Waals surface area (Å²) >= 11 is 0. The van der Waals surface area contributed by atoms with Gasteiger partial charge in [-0.15, -0.1) is 0 Å². The molecule has 0 aromatic heterocycles. The van der Waals surface area contributed by atoms with Crippen LogP contribution in [0.4, 0.5) is 0 Å². The molecule has 1 aromatic rings. The quantitative estimate of drug-likeness (QED) is 0.790. The fourth-order valence-corrected chi connectivity index (χ4v) is 1.40. The van der Waals surface area contributed by atoms with Gasteiger partial charge in [-0.1, -0.05) is 0 Å². The van der Waals surface area contributed by atoms with Crippen molar-refractivity contribution in [2.75, 3.05) is 14.2 Å². The van der Waals surface area contributed by atoms with E-state index < -0.39 is 6.10 Å². The van der Waals surface area contributed by atoms with E-state index in [1.54, 1.807) is 39.3 Å². The number of nitrogens with two attached hydrogens (primary N) is 1. The van der Waals surface area contributed by atoms with E-state index >= 15 is 0 Å². The van der Waals surface area contributed by atoms with Crippen molar-refractivity contribution >= 4 is 5.91 Å². The zero-order valence-electron chi connectivity index (χ0n) is 10.3. The Kier molecular flexibility index (Phi) is 4.78. The van der Waals surface area contributed by atoms with Crippen LogP contribution in [0.3, 0.4) is 0 Å². The second-order valence-corrected chi connectivity index (χ2v) is 3.55. The van der Waals surface area contributed by atoms with E-state index in [0.717, 1.165) is 5.56 Å². The predicted molar refractivity (Wildman–Crippen MR) is 65.0 cm³/mol. The van der Waals surface area contributed by atoms with Crippen molar-refractivity contribution in [1.82, 2.24) is 5.32 Å². The summed E-state index contributed by atoms with van der Waals surface area (Å²) in [6.07, 6.45) is -0.557. The first-order valence-corrected chi connectivity index (χ1v) is 5.37. The van der Waals surface area contributed by atoms with Crippen LogP contribution < -0.4 is 20.5 Å². The van der Waals surface area contributed by atoms with E-state index in [0.29, 0.717) is 18.0 Å². The summed E-state index contributed by atoms with van der Waals surface area (Å²) in [6, 6.07) is 5.32. The lowest BCUT2D eigenvalue weighted by Crippen LogP contribution is -2.34. The standard InChI is InChI=1S/C12H18N2O3/c1-8(12(15)14-2)17-11-5-4-10(16-3)6-9(11)7-13/h4-6,8H,7,13H2,1-3H3,(H,14,15). The van der Waals surface area contributed by atoms with Gasteiger partial charge in [-0.05, 0) is 25.1 Å². The van der Waals surface area contributed by atoms with Crippen LogP contribution in [0.1, 0.15) is 12.5 Å². The molecule has 1 unspecified atom stereocenters. The topological polar surface area (TPSA) is 73.6 Å². The lowest BCUT2D eigenvalue weighted by molar-refractivity contribution is -0.126. The summed E-state index contributed by atoms with van der Waals surface area (Å²) in [5.74, 6) is 1.14. The van der Waals surface area contributed by atoms with Crippen molar-refractivity contribution in [2.24, 2.45) is 5.73 Å². The molecule has 1 amide bonds. The fraction of sp³-hybridized carbons (Fsp3) is 0.417. The van der Waals surface area contributed by atoms with Gasteiger partial charge in [-0.25, -0.2) is 0 Å². The SMILES string of the molecule is CNC(=O)C(C)Oc1ccc(OC)cc1CN. The molecular formula is C12H18N2O3. The lowest BCUT2D eigenvalue weighted by atomic mass is 10.2. The highest BCUT2D eigenvalue weighted by Gasteiger charge is 2.14. The number of nitrogens with one attached hydrogen (secondary N) is 1. The summed E-state index contributed by atoms with van der Waals surface area (Å²) in [7, 11) is 3.16. The third-order valence-corrected chi connectivity index (χ3v) is 2.41. The highest BCUT2D eigenvalue weighted by Crippen LogP contribution is 2.24. The van der Waals surface area contributed by atoms with E-state index in [-0.39, 0.29) is 5.91 Å². The molecule has 17 heavy (non-hydrogen) atoms. The van der Waals surface area contributed by atoms with Crippen molar-refractivity contribution < 1.29 is 14.3 Å². The maximum Gasteiger partial charge on any atom is 0.260 e. The Morgan fingerprint density at radius 1 is 1.53 bits per heavy atom. The zero-order chi connectivity index (χ0) is 12.8. The third-order valence-electron chi connectivity index (χ3n) is 2.41. The summed E-state index contributed by atoms with van der Waals surface area (Å²) in [6.45, 7) is 2.01. The van der Waals surface area contributed by atoms with Crippen LogP contribution in [-0.2, 0) is 11.3 Å². The normalized spacial score (nSPS) is 11.8. The van der Waals surface area contributed by atoms with Crippen molar-refractivity contribution in [1.29, 1.82) is 0 Å². The van der Waals surface area contributed by atoms with Gasteiger partial charge in [0.15, 0.2) is 6.10 Å². The number of hydrogen-bond acceptors (Lipinski definition) is 4. The smallest absolute Gasteiger partial charge is 0.260 e. The first-order valence-electron chi connectivity index (χ1n) is 5.37. The maximum atomic E-state index is 11.3. The average molecular weight is 238 g/mol. The minimum Gasteiger partial charge on any atom is -0.497 e. The zero-order valence-corrected chi connectivity index (χ0v) is 10.3. The first-order chi connectivity index (χ1) is 8.12. The van der Waals surface area contributed by atoms with Crippen molar-refractivity contribution in [3.8, 4) is 11.5 Å². The molecule has 94 valence electrons. The van der Waals surface area contributed by atoms with Gasteiger partial charge < -0.3 is 20.5 Å². The van der Waals surface area contributed by atoms with Crippen molar-refractivity contribution in [2.45, 2.75) is 19.6 Å². The number of ether oxygens (including phenoxy) is 2. The Morgan fingerprint density at radius 3 is 2.76 bits per heavy atom. The van der Waals surface area contributed by atoms with Crippen LogP contribution in [-0.4, -0.2) is 26.2 Å². The predicted octanol–water partition coefficient (Wildman–Crippen LogP) is 0.667. The maximum absolute atomic E-state index is 11.3. The number of benzene rings is 1. The van der Waals surface area contributed by atoms with Crippen molar-refractivity contribution in [3.63, 3.8) is 0 Å². The van der Waals surface area contributed by atoms with Gasteiger partial charge in [-0.3, -0.25) is 4.79 Å². The first kappa shape index (κ1) is 13.3. The van der Waals surface area contributed by atoms with Crippen LogP contribution >= 0.6 is 0 Å². The highest BCUT2D eigenvalue weighted by atomic mass is 16.5. The van der Waals surface area contributed by atoms with Gasteiger partial charge in [0.25, 0.3) is 5.91 Å². The average Bonchev–Trinajstić information content (AvgIpc) is 2.37. The fourth-order valence-electron chi connectivity index (χ4n) is 1.40. The van der Waals surface area contributed by atoms with Gasteiger partial charge in [-0.2, -0.15) is 0 Å². The van der Waals surface area contributed by atoms with Gasteiger partial charge in [0.05, 0.1) is 7.11 Å². The Hall–Kier alpha value is -1.75. The van der Waals surface area contributed by atoms with E-state index in [4.69, 9.17) is 15.2 Å². The Bertz CT molecular complexity index is 393. The molecule has 0 saturated carbocycles. The molecule has 1 rings (SSSR count). The van der Waals surface area contributed by atoms with Crippen LogP contribution in [0.15, 0.2) is 18.2 Å². The number of likely N-dealkylation sites (N-methyl/N-ethyl adjacent to an activating group) is 1. The summed E-state index contributed by atoms with van der Waals surface area (Å²) in [4.78, 5) is 11.3. The molecule has 0 aliphatic heterocycles. The number of hydrogen-bond donors (Lipinski definition) is 2. The molecule has 0 aliphatic carbocycles. The van der Waals surface area contributed by atoms with Gasteiger partial charge in [0.2, 0.25) is 0 Å². The molecule has 5 heteroatoms. The van der Waals surface area contributed by atoms with E-state index in [9.17, 15) is 4.79 Å². The molecule has 1 aromatic carbocycles. The number of carbonyl (C=O) groups excluding carboxylic acids is 1. The number of methoxy groups -OCH3 is 1. The van der Waals surface area contributed by atoms with Gasteiger partial charge in [0.1, 0.15) is 11.5 Å². The van der Waals surface area contributed by atoms with E-state index in [2.05, 4.69) is 5.32 Å². The Balaban J connectivity index is 2.87. The lowest BCUT2D eigenvalue weighted by Gasteiger charge is -2.16. The molecule has 0 bridgehead atoms. The van der Waals surface area contributed by atoms with Gasteiger partial charge in [0, 0.05) is 19.2 Å². The molecule has 0 heterocycles. The minimum atomic E-state index is -0.557. The summed E-state index contributed by atoms with van der Waals surface area (Å²) < 4.78 is 10.6. The van der Waals surface area contributed by atoms with Crippen LogP contribution in [0.5, 0.6) is 11.5 Å². The second-order valence-electron chi connectivity index (χ2n) is 3.55. The molecule has 0 saturated heterocycles.